The molecule has 11 heteroatoms. The number of nitrogens with one attached hydrogen (secondary N) is 2. The highest BCUT2D eigenvalue weighted by molar-refractivity contribution is 7.92. The zero-order chi connectivity index (χ0) is 23.7. The second-order valence-electron chi connectivity index (χ2n) is 8.20. The highest BCUT2D eigenvalue weighted by atomic mass is 35.5. The molecule has 0 aliphatic rings. The van der Waals surface area contributed by atoms with Crippen molar-refractivity contribution in [3.05, 3.63) is 40.2 Å². The molecule has 0 aliphatic carbocycles. The number of anilines is 2. The molecule has 0 aliphatic heterocycles. The van der Waals surface area contributed by atoms with Crippen LogP contribution in [0.5, 0.6) is 0 Å². The van der Waals surface area contributed by atoms with Crippen LogP contribution in [0.4, 0.5) is 16.0 Å². The van der Waals surface area contributed by atoms with Crippen LogP contribution in [0.15, 0.2) is 24.4 Å². The van der Waals surface area contributed by atoms with Gasteiger partial charge in [0.25, 0.3) is 0 Å². The third-order valence-electron chi connectivity index (χ3n) is 4.41. The summed E-state index contributed by atoms with van der Waals surface area (Å²) in [5.74, 6) is -0.301. The van der Waals surface area contributed by atoms with Gasteiger partial charge in [0.15, 0.2) is 0 Å². The van der Waals surface area contributed by atoms with Crippen LogP contribution >= 0.6 is 22.9 Å². The zero-order valence-electron chi connectivity index (χ0n) is 18.5. The summed E-state index contributed by atoms with van der Waals surface area (Å²) in [6.45, 7) is 7.82. The minimum Gasteiger partial charge on any atom is -0.357 e. The maximum Gasteiger partial charge on any atom is 0.232 e. The zero-order valence-corrected chi connectivity index (χ0v) is 20.8. The van der Waals surface area contributed by atoms with Gasteiger partial charge < -0.3 is 5.32 Å². The average Bonchev–Trinajstić information content (AvgIpc) is 3.16. The first-order valence-electron chi connectivity index (χ1n) is 9.97. The SMILES string of the molecule is CCCS(=O)(=O)Nc1cc(F)cc(-c2nc(C(C)(C)C)sc2-c2ccnc(NC)n2)c1Cl. The number of nitrogens with zero attached hydrogens (tertiary/aromatic N) is 3. The van der Waals surface area contributed by atoms with E-state index in [1.54, 1.807) is 26.2 Å². The molecule has 0 unspecified atom stereocenters. The minimum atomic E-state index is -3.66. The van der Waals surface area contributed by atoms with E-state index in [1.807, 2.05) is 20.8 Å². The highest BCUT2D eigenvalue weighted by Crippen LogP contribution is 2.44. The van der Waals surface area contributed by atoms with Gasteiger partial charge in [-0.3, -0.25) is 4.72 Å². The van der Waals surface area contributed by atoms with Crippen molar-refractivity contribution in [1.29, 1.82) is 0 Å². The van der Waals surface area contributed by atoms with Gasteiger partial charge in [-0.05, 0) is 24.6 Å². The van der Waals surface area contributed by atoms with Crippen molar-refractivity contribution >= 4 is 44.6 Å². The molecule has 2 aromatic heterocycles. The fraction of sp³-hybridized carbons (Fsp3) is 0.381. The Kier molecular flexibility index (Phi) is 7.06. The molecule has 2 heterocycles. The molecule has 0 saturated heterocycles. The van der Waals surface area contributed by atoms with Crippen LogP contribution in [-0.4, -0.2) is 36.2 Å². The molecule has 3 rings (SSSR count). The molecule has 0 radical (unpaired) electrons. The molecular formula is C21H25ClFN5O2S2. The largest absolute Gasteiger partial charge is 0.357 e. The number of halogens is 2. The van der Waals surface area contributed by atoms with Crippen molar-refractivity contribution in [2.45, 2.75) is 39.5 Å². The van der Waals surface area contributed by atoms with Crippen LogP contribution in [0.25, 0.3) is 21.8 Å². The molecule has 0 fully saturated rings. The predicted molar refractivity (Wildman–Crippen MR) is 129 cm³/mol. The number of thiazole rings is 1. The first-order chi connectivity index (χ1) is 14.9. The Labute approximate surface area is 196 Å². The van der Waals surface area contributed by atoms with E-state index in [0.717, 1.165) is 11.1 Å². The van der Waals surface area contributed by atoms with Gasteiger partial charge in [0.1, 0.15) is 5.82 Å². The first-order valence-corrected chi connectivity index (χ1v) is 12.8. The lowest BCUT2D eigenvalue weighted by atomic mass is 9.98. The molecule has 0 saturated carbocycles. The number of sulfonamides is 1. The predicted octanol–water partition coefficient (Wildman–Crippen LogP) is 5.55. The lowest BCUT2D eigenvalue weighted by Crippen LogP contribution is -2.16. The van der Waals surface area contributed by atoms with Gasteiger partial charge in [-0.25, -0.2) is 27.8 Å². The molecule has 7 nitrogen and oxygen atoms in total. The number of aromatic nitrogens is 3. The Morgan fingerprint density at radius 3 is 2.56 bits per heavy atom. The molecule has 172 valence electrons. The molecule has 1 aromatic carbocycles. The van der Waals surface area contributed by atoms with Gasteiger partial charge in [-0.15, -0.1) is 11.3 Å². The van der Waals surface area contributed by atoms with Gasteiger partial charge in [0, 0.05) is 24.2 Å². The van der Waals surface area contributed by atoms with E-state index in [2.05, 4.69) is 20.0 Å². The Hall–Kier alpha value is -2.30. The minimum absolute atomic E-state index is 0.0232. The summed E-state index contributed by atoms with van der Waals surface area (Å²) in [6.07, 6.45) is 2.04. The van der Waals surface area contributed by atoms with Crippen LogP contribution < -0.4 is 10.0 Å². The van der Waals surface area contributed by atoms with Gasteiger partial charge >= 0.3 is 0 Å². The smallest absolute Gasteiger partial charge is 0.232 e. The summed E-state index contributed by atoms with van der Waals surface area (Å²) in [5, 5.41) is 3.78. The van der Waals surface area contributed by atoms with Crippen LogP contribution in [0.2, 0.25) is 5.02 Å². The van der Waals surface area contributed by atoms with Crippen molar-refractivity contribution in [2.75, 3.05) is 22.8 Å². The van der Waals surface area contributed by atoms with Gasteiger partial charge in [-0.1, -0.05) is 39.3 Å². The van der Waals surface area contributed by atoms with E-state index in [9.17, 15) is 12.8 Å². The van der Waals surface area contributed by atoms with E-state index in [0.29, 0.717) is 28.6 Å². The normalized spacial score (nSPS) is 12.1. The molecule has 3 aromatic rings. The van der Waals surface area contributed by atoms with Crippen molar-refractivity contribution in [3.8, 4) is 21.8 Å². The molecule has 2 N–H and O–H groups in total. The highest BCUT2D eigenvalue weighted by Gasteiger charge is 2.26. The Balaban J connectivity index is 2.24. The van der Waals surface area contributed by atoms with Crippen molar-refractivity contribution in [3.63, 3.8) is 0 Å². The Morgan fingerprint density at radius 1 is 1.22 bits per heavy atom. The van der Waals surface area contributed by atoms with Gasteiger partial charge in [-0.2, -0.15) is 0 Å². The lowest BCUT2D eigenvalue weighted by molar-refractivity contribution is 0.586. The quantitative estimate of drug-likeness (QED) is 0.444. The third kappa shape index (κ3) is 5.36. The molecule has 0 amide bonds. The van der Waals surface area contributed by atoms with Crippen LogP contribution in [0.3, 0.4) is 0 Å². The number of benzene rings is 1. The standard InChI is InChI=1S/C21H25ClFN5O2S2/c1-6-9-32(29,30)28-15-11-12(23)10-13(16(15)22)17-18(31-19(27-17)21(2,3)4)14-7-8-25-20(24-5)26-14/h7-8,10-11,28H,6,9H2,1-5H3,(H,24,25,26). The molecule has 0 atom stereocenters. The van der Waals surface area contributed by atoms with Gasteiger partial charge in [0.05, 0.1) is 37.7 Å². The Morgan fingerprint density at radius 2 is 1.94 bits per heavy atom. The lowest BCUT2D eigenvalue weighted by Gasteiger charge is -2.14. The molecule has 32 heavy (non-hydrogen) atoms. The van der Waals surface area contributed by atoms with E-state index >= 15 is 0 Å². The molecule has 0 spiro atoms. The molecule has 0 bridgehead atoms. The van der Waals surface area contributed by atoms with Crippen molar-refractivity contribution in [1.82, 2.24) is 15.0 Å². The van der Waals surface area contributed by atoms with E-state index in [-0.39, 0.29) is 27.4 Å². The fourth-order valence-electron chi connectivity index (χ4n) is 2.93. The fourth-order valence-corrected chi connectivity index (χ4v) is 5.47. The average molecular weight is 498 g/mol. The second-order valence-corrected chi connectivity index (χ2v) is 11.4. The first kappa shape index (κ1) is 24.3. The van der Waals surface area contributed by atoms with Crippen molar-refractivity contribution in [2.24, 2.45) is 0 Å². The Bertz CT molecular complexity index is 1240. The number of rotatable bonds is 7. The van der Waals surface area contributed by atoms with Crippen LogP contribution in [0.1, 0.15) is 39.1 Å². The third-order valence-corrected chi connectivity index (χ3v) is 7.80. The topological polar surface area (TPSA) is 96.9 Å². The second kappa shape index (κ2) is 9.29. The monoisotopic (exact) mass is 497 g/mol. The molecular weight excluding hydrogens is 473 g/mol. The van der Waals surface area contributed by atoms with Crippen LogP contribution in [-0.2, 0) is 15.4 Å². The maximum absolute atomic E-state index is 14.6. The summed E-state index contributed by atoms with van der Waals surface area (Å²) >= 11 is 8.02. The number of hydrogen-bond acceptors (Lipinski definition) is 7. The van der Waals surface area contributed by atoms with Crippen LogP contribution in [0, 0.1) is 5.82 Å². The summed E-state index contributed by atoms with van der Waals surface area (Å²) in [6, 6.07) is 4.06. The summed E-state index contributed by atoms with van der Waals surface area (Å²) in [7, 11) is -1.95. The van der Waals surface area contributed by atoms with Crippen molar-refractivity contribution < 1.29 is 12.8 Å². The number of hydrogen-bond donors (Lipinski definition) is 2. The summed E-state index contributed by atoms with van der Waals surface area (Å²) < 4.78 is 41.5. The van der Waals surface area contributed by atoms with E-state index in [1.165, 1.54) is 17.4 Å². The van der Waals surface area contributed by atoms with Gasteiger partial charge in [0.2, 0.25) is 16.0 Å². The summed E-state index contributed by atoms with van der Waals surface area (Å²) in [5.41, 5.74) is 1.01. The van der Waals surface area contributed by atoms with E-state index < -0.39 is 15.8 Å². The maximum atomic E-state index is 14.6. The summed E-state index contributed by atoms with van der Waals surface area (Å²) in [4.78, 5) is 14.1. The van der Waals surface area contributed by atoms with E-state index in [4.69, 9.17) is 16.6 Å².